The van der Waals surface area contributed by atoms with Gasteiger partial charge in [-0.1, -0.05) is 6.92 Å². The Morgan fingerprint density at radius 2 is 2.21 bits per heavy atom. The number of rotatable bonds is 3. The second-order valence-electron chi connectivity index (χ2n) is 5.50. The molecule has 1 amide bonds. The molecule has 19 heavy (non-hydrogen) atoms. The third-order valence-corrected chi connectivity index (χ3v) is 5.94. The SMILES string of the molecule is CC1(CNC(=O)c2cc3sccc3s2)CCNCC1. The van der Waals surface area contributed by atoms with Gasteiger partial charge in [-0.25, -0.2) is 0 Å². The van der Waals surface area contributed by atoms with Crippen LogP contribution in [0.1, 0.15) is 29.4 Å². The number of thiophene rings is 2. The number of amides is 1. The van der Waals surface area contributed by atoms with Gasteiger partial charge in [-0.05, 0) is 48.9 Å². The van der Waals surface area contributed by atoms with Gasteiger partial charge in [0, 0.05) is 15.9 Å². The van der Waals surface area contributed by atoms with E-state index in [1.807, 2.05) is 6.07 Å². The van der Waals surface area contributed by atoms with Crippen molar-refractivity contribution in [2.75, 3.05) is 19.6 Å². The third kappa shape index (κ3) is 2.83. The topological polar surface area (TPSA) is 41.1 Å². The van der Waals surface area contributed by atoms with Gasteiger partial charge in [-0.2, -0.15) is 0 Å². The van der Waals surface area contributed by atoms with Crippen LogP contribution in [0.2, 0.25) is 0 Å². The van der Waals surface area contributed by atoms with E-state index in [4.69, 9.17) is 0 Å². The smallest absolute Gasteiger partial charge is 0.261 e. The van der Waals surface area contributed by atoms with Crippen LogP contribution in [0, 0.1) is 5.41 Å². The summed E-state index contributed by atoms with van der Waals surface area (Å²) < 4.78 is 2.42. The Labute approximate surface area is 121 Å². The minimum absolute atomic E-state index is 0.0770. The number of hydrogen-bond donors (Lipinski definition) is 2. The fourth-order valence-electron chi connectivity index (χ4n) is 2.47. The van der Waals surface area contributed by atoms with Crippen LogP contribution in [0.4, 0.5) is 0 Å². The standard InChI is InChI=1S/C14H18N2OS2/c1-14(3-5-15-6-4-14)9-16-13(17)12-8-11-10(19-12)2-7-18-11/h2,7-8,15H,3-6,9H2,1H3,(H,16,17). The molecule has 2 aromatic rings. The molecule has 1 aliphatic rings. The molecule has 0 radical (unpaired) electrons. The van der Waals surface area contributed by atoms with Gasteiger partial charge in [0.05, 0.1) is 4.88 Å². The largest absolute Gasteiger partial charge is 0.351 e. The number of carbonyl (C=O) groups excluding carboxylic acids is 1. The first-order chi connectivity index (χ1) is 9.16. The monoisotopic (exact) mass is 294 g/mol. The second kappa shape index (κ2) is 5.23. The van der Waals surface area contributed by atoms with E-state index in [-0.39, 0.29) is 11.3 Å². The van der Waals surface area contributed by atoms with Crippen molar-refractivity contribution in [3.05, 3.63) is 22.4 Å². The summed E-state index contributed by atoms with van der Waals surface area (Å²) in [6.45, 7) is 5.16. The van der Waals surface area contributed by atoms with E-state index in [1.165, 1.54) is 9.40 Å². The van der Waals surface area contributed by atoms with Crippen LogP contribution < -0.4 is 10.6 Å². The maximum absolute atomic E-state index is 12.2. The molecule has 3 heterocycles. The Morgan fingerprint density at radius 3 is 2.95 bits per heavy atom. The van der Waals surface area contributed by atoms with E-state index < -0.39 is 0 Å². The second-order valence-corrected chi connectivity index (χ2v) is 7.53. The molecule has 1 aliphatic heterocycles. The molecule has 0 saturated carbocycles. The summed E-state index contributed by atoms with van der Waals surface area (Å²) in [5.41, 5.74) is 0.246. The van der Waals surface area contributed by atoms with Crippen LogP contribution in [0.5, 0.6) is 0 Å². The summed E-state index contributed by atoms with van der Waals surface area (Å²) in [5, 5.41) is 8.54. The van der Waals surface area contributed by atoms with E-state index >= 15 is 0 Å². The van der Waals surface area contributed by atoms with Crippen molar-refractivity contribution in [1.82, 2.24) is 10.6 Å². The predicted octanol–water partition coefficient (Wildman–Crippen LogP) is 3.08. The molecule has 0 bridgehead atoms. The molecule has 2 aromatic heterocycles. The minimum atomic E-state index is 0.0770. The van der Waals surface area contributed by atoms with Crippen LogP contribution in [0.15, 0.2) is 17.5 Å². The summed E-state index contributed by atoms with van der Waals surface area (Å²) >= 11 is 3.28. The number of nitrogens with one attached hydrogen (secondary N) is 2. The normalized spacial score (nSPS) is 18.6. The lowest BCUT2D eigenvalue weighted by Gasteiger charge is -2.34. The average Bonchev–Trinajstić information content (AvgIpc) is 2.97. The Bertz CT molecular complexity index is 553. The lowest BCUT2D eigenvalue weighted by atomic mass is 9.81. The molecule has 0 atom stereocenters. The van der Waals surface area contributed by atoms with Crippen molar-refractivity contribution < 1.29 is 4.79 Å². The quantitative estimate of drug-likeness (QED) is 0.913. The Morgan fingerprint density at radius 1 is 1.42 bits per heavy atom. The fourth-order valence-corrected chi connectivity index (χ4v) is 4.49. The minimum Gasteiger partial charge on any atom is -0.351 e. The van der Waals surface area contributed by atoms with Crippen LogP contribution in [-0.2, 0) is 0 Å². The summed E-state index contributed by atoms with van der Waals surface area (Å²) in [6, 6.07) is 4.08. The van der Waals surface area contributed by atoms with E-state index in [1.54, 1.807) is 22.7 Å². The first-order valence-corrected chi connectivity index (χ1v) is 8.32. The van der Waals surface area contributed by atoms with E-state index in [0.717, 1.165) is 37.4 Å². The summed E-state index contributed by atoms with van der Waals surface area (Å²) in [6.07, 6.45) is 2.26. The molecular formula is C14H18N2OS2. The Balaban J connectivity index is 1.63. The van der Waals surface area contributed by atoms with Crippen LogP contribution in [0.3, 0.4) is 0 Å². The van der Waals surface area contributed by atoms with Gasteiger partial charge in [0.2, 0.25) is 0 Å². The van der Waals surface area contributed by atoms with Gasteiger partial charge in [-0.15, -0.1) is 22.7 Å². The highest BCUT2D eigenvalue weighted by molar-refractivity contribution is 7.27. The van der Waals surface area contributed by atoms with E-state index in [9.17, 15) is 4.79 Å². The van der Waals surface area contributed by atoms with Crippen molar-refractivity contribution in [3.63, 3.8) is 0 Å². The molecule has 0 aliphatic carbocycles. The molecule has 0 unspecified atom stereocenters. The number of fused-ring (bicyclic) bond motifs is 1. The zero-order valence-electron chi connectivity index (χ0n) is 11.0. The summed E-state index contributed by atoms with van der Waals surface area (Å²) in [4.78, 5) is 13.0. The van der Waals surface area contributed by atoms with Crippen molar-refractivity contribution in [2.45, 2.75) is 19.8 Å². The molecular weight excluding hydrogens is 276 g/mol. The predicted molar refractivity (Wildman–Crippen MR) is 82.2 cm³/mol. The maximum Gasteiger partial charge on any atom is 0.261 e. The maximum atomic E-state index is 12.2. The molecule has 0 spiro atoms. The van der Waals surface area contributed by atoms with E-state index in [0.29, 0.717) is 0 Å². The van der Waals surface area contributed by atoms with Gasteiger partial charge in [-0.3, -0.25) is 4.79 Å². The first kappa shape index (κ1) is 13.1. The summed E-state index contributed by atoms with van der Waals surface area (Å²) in [5.74, 6) is 0.0770. The van der Waals surface area contributed by atoms with Gasteiger partial charge < -0.3 is 10.6 Å². The van der Waals surface area contributed by atoms with Crippen molar-refractivity contribution in [2.24, 2.45) is 5.41 Å². The van der Waals surface area contributed by atoms with Gasteiger partial charge in [0.25, 0.3) is 5.91 Å². The molecule has 0 aromatic carbocycles. The number of carbonyl (C=O) groups is 1. The highest BCUT2D eigenvalue weighted by Gasteiger charge is 2.27. The van der Waals surface area contributed by atoms with Gasteiger partial charge in [0.1, 0.15) is 0 Å². The molecule has 3 rings (SSSR count). The fraction of sp³-hybridized carbons (Fsp3) is 0.500. The lowest BCUT2D eigenvalue weighted by molar-refractivity contribution is 0.0926. The van der Waals surface area contributed by atoms with Crippen molar-refractivity contribution in [1.29, 1.82) is 0 Å². The Kier molecular flexibility index (Phi) is 3.60. The third-order valence-electron chi connectivity index (χ3n) is 3.85. The lowest BCUT2D eigenvalue weighted by Crippen LogP contribution is -2.42. The number of piperidine rings is 1. The highest BCUT2D eigenvalue weighted by Crippen LogP contribution is 2.30. The summed E-state index contributed by atoms with van der Waals surface area (Å²) in [7, 11) is 0. The van der Waals surface area contributed by atoms with Crippen LogP contribution in [-0.4, -0.2) is 25.5 Å². The van der Waals surface area contributed by atoms with Crippen molar-refractivity contribution in [3.8, 4) is 0 Å². The first-order valence-electron chi connectivity index (χ1n) is 6.62. The highest BCUT2D eigenvalue weighted by atomic mass is 32.1. The molecule has 5 heteroatoms. The molecule has 3 nitrogen and oxygen atoms in total. The molecule has 2 N–H and O–H groups in total. The van der Waals surface area contributed by atoms with E-state index in [2.05, 4.69) is 29.0 Å². The van der Waals surface area contributed by atoms with Crippen LogP contribution in [0.25, 0.3) is 9.40 Å². The Hall–Kier alpha value is -0.910. The average molecular weight is 294 g/mol. The molecule has 1 fully saturated rings. The molecule has 1 saturated heterocycles. The van der Waals surface area contributed by atoms with Gasteiger partial charge >= 0.3 is 0 Å². The zero-order valence-corrected chi connectivity index (χ0v) is 12.6. The van der Waals surface area contributed by atoms with Gasteiger partial charge in [0.15, 0.2) is 0 Å². The number of hydrogen-bond acceptors (Lipinski definition) is 4. The van der Waals surface area contributed by atoms with Crippen molar-refractivity contribution >= 4 is 38.0 Å². The molecule has 102 valence electrons. The van der Waals surface area contributed by atoms with Crippen LogP contribution >= 0.6 is 22.7 Å². The zero-order chi connectivity index (χ0) is 13.3.